The quantitative estimate of drug-likeness (QED) is 0.682. The third-order valence-corrected chi connectivity index (χ3v) is 3.90. The highest BCUT2D eigenvalue weighted by Crippen LogP contribution is 2.50. The minimum Gasteiger partial charge on any atom is -0.465 e. The number of fused-ring (bicyclic) bond motifs is 1. The Morgan fingerprint density at radius 3 is 2.33 bits per heavy atom. The third-order valence-electron chi connectivity index (χ3n) is 3.90. The molecule has 0 aromatic heterocycles. The summed E-state index contributed by atoms with van der Waals surface area (Å²) in [4.78, 5) is 21.3. The summed E-state index contributed by atoms with van der Waals surface area (Å²) in [6, 6.07) is 0. The van der Waals surface area contributed by atoms with Gasteiger partial charge in [-0.05, 0) is 44.4 Å². The Labute approximate surface area is 89.0 Å². The van der Waals surface area contributed by atoms with E-state index in [0.717, 1.165) is 32.0 Å². The molecule has 2 fully saturated rings. The van der Waals surface area contributed by atoms with Gasteiger partial charge in [0.05, 0.1) is 0 Å². The molecule has 1 amide bonds. The van der Waals surface area contributed by atoms with Gasteiger partial charge in [-0.1, -0.05) is 0 Å². The minimum atomic E-state index is -0.940. The van der Waals surface area contributed by atoms with Crippen LogP contribution in [0.5, 0.6) is 0 Å². The highest BCUT2D eigenvalue weighted by molar-refractivity contribution is 5.65. The maximum absolute atomic E-state index is 10.7. The van der Waals surface area contributed by atoms with Gasteiger partial charge in [0, 0.05) is 11.5 Å². The summed E-state index contributed by atoms with van der Waals surface area (Å²) in [7, 11) is 0. The van der Waals surface area contributed by atoms with E-state index in [-0.39, 0.29) is 11.5 Å². The van der Waals surface area contributed by atoms with Crippen molar-refractivity contribution in [3.8, 4) is 0 Å². The molecule has 2 N–H and O–H groups in total. The SMILES string of the molecule is CC1(NC(=O)O)C[C@H]2CC(C=O)C[C@H]2C1. The van der Waals surface area contributed by atoms with E-state index in [1.807, 2.05) is 6.92 Å². The van der Waals surface area contributed by atoms with Gasteiger partial charge in [-0.3, -0.25) is 0 Å². The fourth-order valence-corrected chi connectivity index (χ4v) is 3.47. The molecule has 2 aliphatic rings. The maximum atomic E-state index is 10.7. The summed E-state index contributed by atoms with van der Waals surface area (Å²) in [5.41, 5.74) is -0.269. The molecule has 2 rings (SSSR count). The van der Waals surface area contributed by atoms with Crippen molar-refractivity contribution in [2.45, 2.75) is 38.1 Å². The van der Waals surface area contributed by atoms with Crippen molar-refractivity contribution >= 4 is 12.4 Å². The normalized spacial score (nSPS) is 43.7. The van der Waals surface area contributed by atoms with Crippen LogP contribution in [0.15, 0.2) is 0 Å². The third kappa shape index (κ3) is 1.98. The molecular weight excluding hydrogens is 194 g/mol. The molecule has 0 spiro atoms. The molecule has 2 unspecified atom stereocenters. The van der Waals surface area contributed by atoms with E-state index in [1.54, 1.807) is 0 Å². The fourth-order valence-electron chi connectivity index (χ4n) is 3.47. The van der Waals surface area contributed by atoms with Crippen LogP contribution in [0.3, 0.4) is 0 Å². The summed E-state index contributed by atoms with van der Waals surface area (Å²) in [6.07, 6.45) is 3.78. The Morgan fingerprint density at radius 2 is 1.93 bits per heavy atom. The fraction of sp³-hybridized carbons (Fsp3) is 0.818. The first kappa shape index (κ1) is 10.5. The Hall–Kier alpha value is -1.06. The molecule has 4 nitrogen and oxygen atoms in total. The zero-order valence-electron chi connectivity index (χ0n) is 8.90. The van der Waals surface area contributed by atoms with E-state index < -0.39 is 6.09 Å². The number of carboxylic acid groups (broad SMARTS) is 1. The van der Waals surface area contributed by atoms with Crippen molar-refractivity contribution in [2.24, 2.45) is 17.8 Å². The second kappa shape index (κ2) is 3.51. The van der Waals surface area contributed by atoms with E-state index in [0.29, 0.717) is 11.8 Å². The molecule has 84 valence electrons. The van der Waals surface area contributed by atoms with Gasteiger partial charge in [-0.2, -0.15) is 0 Å². The van der Waals surface area contributed by atoms with Gasteiger partial charge in [-0.15, -0.1) is 0 Å². The predicted octanol–water partition coefficient (Wildman–Crippen LogP) is 1.65. The molecule has 0 radical (unpaired) electrons. The molecule has 0 aromatic carbocycles. The number of carbonyl (C=O) groups is 2. The molecule has 0 aliphatic heterocycles. The summed E-state index contributed by atoms with van der Waals surface area (Å²) in [5, 5.41) is 11.3. The largest absolute Gasteiger partial charge is 0.465 e. The first-order valence-electron chi connectivity index (χ1n) is 5.49. The number of aldehydes is 1. The average molecular weight is 211 g/mol. The minimum absolute atomic E-state index is 0.217. The van der Waals surface area contributed by atoms with Crippen LogP contribution in [-0.4, -0.2) is 23.0 Å². The van der Waals surface area contributed by atoms with Crippen LogP contribution < -0.4 is 5.32 Å². The van der Waals surface area contributed by atoms with Gasteiger partial charge < -0.3 is 15.2 Å². The molecule has 2 saturated carbocycles. The maximum Gasteiger partial charge on any atom is 0.405 e. The van der Waals surface area contributed by atoms with E-state index in [1.165, 1.54) is 0 Å². The van der Waals surface area contributed by atoms with E-state index in [4.69, 9.17) is 5.11 Å². The lowest BCUT2D eigenvalue weighted by Gasteiger charge is -2.25. The van der Waals surface area contributed by atoms with Crippen LogP contribution in [0.2, 0.25) is 0 Å². The Kier molecular flexibility index (Phi) is 2.44. The summed E-state index contributed by atoms with van der Waals surface area (Å²) < 4.78 is 0. The number of nitrogens with one attached hydrogen (secondary N) is 1. The van der Waals surface area contributed by atoms with Gasteiger partial charge in [0.25, 0.3) is 0 Å². The zero-order chi connectivity index (χ0) is 11.1. The van der Waals surface area contributed by atoms with Crippen molar-refractivity contribution in [3.63, 3.8) is 0 Å². The molecule has 4 heteroatoms. The number of hydrogen-bond acceptors (Lipinski definition) is 2. The molecular formula is C11H17NO3. The zero-order valence-corrected chi connectivity index (χ0v) is 8.90. The van der Waals surface area contributed by atoms with Gasteiger partial charge in [0.1, 0.15) is 6.29 Å². The number of rotatable bonds is 2. The highest BCUT2D eigenvalue weighted by atomic mass is 16.4. The number of hydrogen-bond donors (Lipinski definition) is 2. The molecule has 0 bridgehead atoms. The van der Waals surface area contributed by atoms with Gasteiger partial charge in [0.2, 0.25) is 0 Å². The second-order valence-corrected chi connectivity index (χ2v) is 5.29. The van der Waals surface area contributed by atoms with Crippen LogP contribution in [0, 0.1) is 17.8 Å². The lowest BCUT2D eigenvalue weighted by Crippen LogP contribution is -2.43. The first-order chi connectivity index (χ1) is 7.02. The number of carbonyl (C=O) groups excluding carboxylic acids is 1. The Balaban J connectivity index is 1.98. The summed E-state index contributed by atoms with van der Waals surface area (Å²) in [6.45, 7) is 1.97. The summed E-state index contributed by atoms with van der Waals surface area (Å²) in [5.74, 6) is 1.29. The Morgan fingerprint density at radius 1 is 1.40 bits per heavy atom. The van der Waals surface area contributed by atoms with Crippen molar-refractivity contribution in [3.05, 3.63) is 0 Å². The number of amides is 1. The van der Waals surface area contributed by atoms with Gasteiger partial charge in [0.15, 0.2) is 0 Å². The van der Waals surface area contributed by atoms with Crippen molar-refractivity contribution < 1.29 is 14.7 Å². The van der Waals surface area contributed by atoms with Crippen LogP contribution in [0.1, 0.15) is 32.6 Å². The van der Waals surface area contributed by atoms with Gasteiger partial charge in [-0.25, -0.2) is 4.79 Å². The predicted molar refractivity (Wildman–Crippen MR) is 54.6 cm³/mol. The molecule has 0 aromatic rings. The molecule has 4 atom stereocenters. The van der Waals surface area contributed by atoms with Crippen LogP contribution in [0.4, 0.5) is 4.79 Å². The van der Waals surface area contributed by atoms with E-state index >= 15 is 0 Å². The molecule has 0 saturated heterocycles. The second-order valence-electron chi connectivity index (χ2n) is 5.29. The first-order valence-corrected chi connectivity index (χ1v) is 5.49. The molecule has 2 aliphatic carbocycles. The van der Waals surface area contributed by atoms with Crippen molar-refractivity contribution in [1.82, 2.24) is 5.32 Å². The summed E-state index contributed by atoms with van der Waals surface area (Å²) >= 11 is 0. The van der Waals surface area contributed by atoms with Crippen LogP contribution >= 0.6 is 0 Å². The van der Waals surface area contributed by atoms with E-state index in [9.17, 15) is 9.59 Å². The van der Waals surface area contributed by atoms with Crippen molar-refractivity contribution in [1.29, 1.82) is 0 Å². The average Bonchev–Trinajstić information content (AvgIpc) is 2.56. The highest BCUT2D eigenvalue weighted by Gasteiger charge is 2.47. The topological polar surface area (TPSA) is 66.4 Å². The monoisotopic (exact) mass is 211 g/mol. The lowest BCUT2D eigenvalue weighted by molar-refractivity contribution is -0.111. The van der Waals surface area contributed by atoms with Crippen LogP contribution in [-0.2, 0) is 4.79 Å². The van der Waals surface area contributed by atoms with E-state index in [2.05, 4.69) is 5.32 Å². The lowest BCUT2D eigenvalue weighted by atomic mass is 9.94. The van der Waals surface area contributed by atoms with Gasteiger partial charge >= 0.3 is 6.09 Å². The molecule has 15 heavy (non-hydrogen) atoms. The smallest absolute Gasteiger partial charge is 0.405 e. The van der Waals surface area contributed by atoms with Crippen molar-refractivity contribution in [2.75, 3.05) is 0 Å². The standard InChI is InChI=1S/C11H17NO3/c1-11(12-10(14)15)4-8-2-7(6-13)3-9(8)5-11/h6-9,12H,2-5H2,1H3,(H,14,15)/t7?,8-,9+,11?. The molecule has 0 heterocycles. The van der Waals surface area contributed by atoms with Crippen LogP contribution in [0.25, 0.3) is 0 Å². The Bertz CT molecular complexity index is 276.